The van der Waals surface area contributed by atoms with E-state index in [0.29, 0.717) is 0 Å². The van der Waals surface area contributed by atoms with Crippen molar-refractivity contribution in [1.82, 2.24) is 0 Å². The first-order chi connectivity index (χ1) is 10.4. The molecule has 3 fully saturated rings. The summed E-state index contributed by atoms with van der Waals surface area (Å²) in [6.45, 7) is 2.48. The van der Waals surface area contributed by atoms with Crippen LogP contribution in [0.15, 0.2) is 0 Å². The van der Waals surface area contributed by atoms with Gasteiger partial charge in [-0.05, 0) is 13.8 Å². The molecule has 2 atom stereocenters. The molecule has 124 valence electrons. The van der Waals surface area contributed by atoms with Gasteiger partial charge >= 0.3 is 23.9 Å². The van der Waals surface area contributed by atoms with E-state index in [-0.39, 0.29) is 13.2 Å². The van der Waals surface area contributed by atoms with Gasteiger partial charge in [-0.2, -0.15) is 0 Å². The number of cyclic esters (lactones) is 4. The van der Waals surface area contributed by atoms with Crippen LogP contribution in [0.1, 0.15) is 39.5 Å². The highest BCUT2D eigenvalue weighted by Gasteiger charge is 2.32. The number of hydrogen-bond donors (Lipinski definition) is 0. The minimum Gasteiger partial charge on any atom is -0.451 e. The van der Waals surface area contributed by atoms with Crippen molar-refractivity contribution in [3.63, 3.8) is 0 Å². The molecule has 0 spiro atoms. The first kappa shape index (κ1) is 17.9. The predicted molar refractivity (Wildman–Crippen MR) is 71.5 cm³/mol. The van der Waals surface area contributed by atoms with Crippen LogP contribution in [-0.4, -0.2) is 49.3 Å². The van der Waals surface area contributed by atoms with Gasteiger partial charge in [-0.3, -0.25) is 0 Å². The van der Waals surface area contributed by atoms with Crippen molar-refractivity contribution in [2.75, 3.05) is 13.2 Å². The van der Waals surface area contributed by atoms with E-state index >= 15 is 0 Å². The Morgan fingerprint density at radius 3 is 1.23 bits per heavy atom. The fourth-order valence-corrected chi connectivity index (χ4v) is 1.25. The highest BCUT2D eigenvalue weighted by molar-refractivity contribution is 5.86. The second kappa shape index (κ2) is 9.01. The molecule has 2 unspecified atom stereocenters. The summed E-state index contributed by atoms with van der Waals surface area (Å²) in [4.78, 5) is 41.5. The van der Waals surface area contributed by atoms with Crippen LogP contribution in [0.4, 0.5) is 0 Å². The Bertz CT molecular complexity index is 375. The predicted octanol–water partition coefficient (Wildman–Crippen LogP) is 0.510. The molecule has 2 heterocycles. The van der Waals surface area contributed by atoms with Crippen LogP contribution in [0.3, 0.4) is 0 Å². The topological polar surface area (TPSA) is 105 Å². The van der Waals surface area contributed by atoms with E-state index in [2.05, 4.69) is 18.9 Å². The molecule has 2 saturated heterocycles. The molecule has 22 heavy (non-hydrogen) atoms. The Hall–Kier alpha value is -2.12. The van der Waals surface area contributed by atoms with Crippen molar-refractivity contribution in [1.29, 1.82) is 0 Å². The van der Waals surface area contributed by atoms with Crippen LogP contribution >= 0.6 is 0 Å². The fourth-order valence-electron chi connectivity index (χ4n) is 1.25. The third kappa shape index (κ3) is 6.55. The maximum Gasteiger partial charge on any atom is 0.347 e. The summed E-state index contributed by atoms with van der Waals surface area (Å²) in [6.07, 6.45) is 4.51. The van der Waals surface area contributed by atoms with E-state index in [4.69, 9.17) is 0 Å². The van der Waals surface area contributed by atoms with Crippen LogP contribution in [0, 0.1) is 0 Å². The molecule has 0 aromatic heterocycles. The minimum atomic E-state index is -0.747. The molecule has 8 nitrogen and oxygen atoms in total. The van der Waals surface area contributed by atoms with Crippen molar-refractivity contribution in [3.05, 3.63) is 0 Å². The Morgan fingerprint density at radius 2 is 1.00 bits per heavy atom. The van der Waals surface area contributed by atoms with Crippen LogP contribution in [0.25, 0.3) is 0 Å². The van der Waals surface area contributed by atoms with Gasteiger partial charge < -0.3 is 18.9 Å². The van der Waals surface area contributed by atoms with Crippen molar-refractivity contribution in [2.24, 2.45) is 0 Å². The summed E-state index contributed by atoms with van der Waals surface area (Å²) in [7, 11) is 0. The molecule has 0 aromatic rings. The van der Waals surface area contributed by atoms with Gasteiger partial charge in [-0.25, -0.2) is 19.2 Å². The van der Waals surface area contributed by atoms with Gasteiger partial charge in [0.2, 0.25) is 0 Å². The summed E-state index contributed by atoms with van der Waals surface area (Å²) < 4.78 is 17.7. The summed E-state index contributed by atoms with van der Waals surface area (Å²) in [5.41, 5.74) is 0. The zero-order chi connectivity index (χ0) is 16.5. The second-order valence-electron chi connectivity index (χ2n) is 4.89. The van der Waals surface area contributed by atoms with Crippen molar-refractivity contribution in [3.8, 4) is 0 Å². The summed E-state index contributed by atoms with van der Waals surface area (Å²) in [5.74, 6) is -1.92. The molecule has 8 heteroatoms. The van der Waals surface area contributed by atoms with Crippen molar-refractivity contribution >= 4 is 23.9 Å². The van der Waals surface area contributed by atoms with Gasteiger partial charge in [0.05, 0.1) is 0 Å². The molecule has 2 aliphatic heterocycles. The molecule has 0 N–H and O–H groups in total. The molecule has 0 radical (unpaired) electrons. The molecule has 1 saturated carbocycles. The van der Waals surface area contributed by atoms with Gasteiger partial charge in [-0.15, -0.1) is 0 Å². The molecule has 3 rings (SSSR count). The van der Waals surface area contributed by atoms with E-state index in [1.54, 1.807) is 0 Å². The molecular formula is C14H20O8. The first-order valence-electron chi connectivity index (χ1n) is 7.12. The summed E-state index contributed by atoms with van der Waals surface area (Å²) in [6, 6.07) is 0. The number of ether oxygens (including phenoxy) is 4. The highest BCUT2D eigenvalue weighted by atomic mass is 16.6. The second-order valence-corrected chi connectivity index (χ2v) is 4.89. The molecular weight excluding hydrogens is 296 g/mol. The number of hydrogen-bond acceptors (Lipinski definition) is 8. The SMILES string of the molecule is C1CCC1.CC1OC(=O)C(C)OC1=O.O=C1COC(=O)CO1. The minimum absolute atomic E-state index is 0.237. The van der Waals surface area contributed by atoms with Crippen LogP contribution in [-0.2, 0) is 38.1 Å². The molecule has 3 aliphatic rings. The summed E-state index contributed by atoms with van der Waals surface area (Å²) >= 11 is 0. The highest BCUT2D eigenvalue weighted by Crippen LogP contribution is 2.15. The fraction of sp³-hybridized carbons (Fsp3) is 0.714. The zero-order valence-corrected chi connectivity index (χ0v) is 12.7. The molecule has 1 aliphatic carbocycles. The zero-order valence-electron chi connectivity index (χ0n) is 12.7. The quantitative estimate of drug-likeness (QED) is 0.470. The lowest BCUT2D eigenvalue weighted by molar-refractivity contribution is -0.191. The first-order valence-corrected chi connectivity index (χ1v) is 7.12. The van der Waals surface area contributed by atoms with Gasteiger partial charge in [0.25, 0.3) is 0 Å². The third-order valence-electron chi connectivity index (χ3n) is 2.95. The Kier molecular flexibility index (Phi) is 7.34. The lowest BCUT2D eigenvalue weighted by atomic mass is 10.0. The smallest absolute Gasteiger partial charge is 0.347 e. The van der Waals surface area contributed by atoms with E-state index in [0.717, 1.165) is 0 Å². The van der Waals surface area contributed by atoms with Crippen LogP contribution in [0.5, 0.6) is 0 Å². The number of carbonyl (C=O) groups excluding carboxylic acids is 4. The largest absolute Gasteiger partial charge is 0.451 e. The van der Waals surface area contributed by atoms with E-state index in [9.17, 15) is 19.2 Å². The third-order valence-corrected chi connectivity index (χ3v) is 2.95. The van der Waals surface area contributed by atoms with E-state index in [1.165, 1.54) is 39.5 Å². The van der Waals surface area contributed by atoms with E-state index in [1.807, 2.05) is 0 Å². The van der Waals surface area contributed by atoms with Gasteiger partial charge in [0.15, 0.2) is 25.4 Å². The molecule has 0 amide bonds. The lowest BCUT2D eigenvalue weighted by Gasteiger charge is -2.22. The Balaban J connectivity index is 0.000000179. The van der Waals surface area contributed by atoms with Crippen LogP contribution < -0.4 is 0 Å². The summed E-state index contributed by atoms with van der Waals surface area (Å²) in [5, 5.41) is 0. The number of carbonyl (C=O) groups is 4. The average Bonchev–Trinajstić information content (AvgIpc) is 2.39. The van der Waals surface area contributed by atoms with Crippen molar-refractivity contribution in [2.45, 2.75) is 51.7 Å². The van der Waals surface area contributed by atoms with E-state index < -0.39 is 36.1 Å². The van der Waals surface area contributed by atoms with Gasteiger partial charge in [-0.1, -0.05) is 25.7 Å². The van der Waals surface area contributed by atoms with Gasteiger partial charge in [0.1, 0.15) is 0 Å². The van der Waals surface area contributed by atoms with Crippen LogP contribution in [0.2, 0.25) is 0 Å². The maximum absolute atomic E-state index is 10.7. The Labute approximate surface area is 128 Å². The normalized spacial score (nSPS) is 26.5. The maximum atomic E-state index is 10.7. The molecule has 0 aromatic carbocycles. The average molecular weight is 316 g/mol. The number of esters is 4. The Morgan fingerprint density at radius 1 is 0.682 bits per heavy atom. The molecule has 0 bridgehead atoms. The van der Waals surface area contributed by atoms with Gasteiger partial charge in [0, 0.05) is 0 Å². The standard InChI is InChI=1S/C6H8O4.C4H4O4.C4H8/c1-3-5(7)10-4(2)6(8)9-3;5-3-1-7-4(6)2-8-3;1-2-4-3-1/h3-4H,1-2H3;1-2H2;1-4H2. The van der Waals surface area contributed by atoms with Crippen molar-refractivity contribution < 1.29 is 38.1 Å². The number of rotatable bonds is 0. The lowest BCUT2D eigenvalue weighted by Crippen LogP contribution is -2.40. The monoisotopic (exact) mass is 316 g/mol.